The first-order valence-electron chi connectivity index (χ1n) is 6.23. The molecular weight excluding hydrogens is 321 g/mol. The van der Waals surface area contributed by atoms with Crippen molar-refractivity contribution in [3.63, 3.8) is 0 Å². The maximum absolute atomic E-state index is 13.6. The third kappa shape index (κ3) is 3.09. The van der Waals surface area contributed by atoms with E-state index in [1.807, 2.05) is 24.6 Å². The van der Waals surface area contributed by atoms with E-state index in [4.69, 9.17) is 5.26 Å². The standard InChI is InChI=1S/C15H15BrFN3/c1-10-11(6-14(7-18)20(10)2)8-19-9-12-5-13(16)3-4-15(12)17/h3-6,19H,8-9H2,1-2H3. The highest BCUT2D eigenvalue weighted by Crippen LogP contribution is 2.16. The Morgan fingerprint density at radius 1 is 1.30 bits per heavy atom. The van der Waals surface area contributed by atoms with Crippen LogP contribution in [0.1, 0.15) is 22.5 Å². The molecule has 0 atom stereocenters. The molecule has 2 aromatic rings. The highest BCUT2D eigenvalue weighted by atomic mass is 79.9. The summed E-state index contributed by atoms with van der Waals surface area (Å²) in [5.74, 6) is -0.219. The number of nitrogens with one attached hydrogen (secondary N) is 1. The zero-order valence-corrected chi connectivity index (χ0v) is 13.0. The summed E-state index contributed by atoms with van der Waals surface area (Å²) in [4.78, 5) is 0. The Labute approximate surface area is 126 Å². The van der Waals surface area contributed by atoms with Crippen LogP contribution in [0.2, 0.25) is 0 Å². The van der Waals surface area contributed by atoms with Crippen LogP contribution in [-0.4, -0.2) is 4.57 Å². The molecule has 1 N–H and O–H groups in total. The number of nitrogens with zero attached hydrogens (tertiary/aromatic N) is 2. The van der Waals surface area contributed by atoms with Gasteiger partial charge in [0.05, 0.1) is 0 Å². The molecular formula is C15H15BrFN3. The van der Waals surface area contributed by atoms with E-state index in [0.29, 0.717) is 24.3 Å². The molecule has 0 radical (unpaired) electrons. The Balaban J connectivity index is 2.03. The van der Waals surface area contributed by atoms with Crippen LogP contribution in [0.3, 0.4) is 0 Å². The summed E-state index contributed by atoms with van der Waals surface area (Å²) < 4.78 is 16.3. The average Bonchev–Trinajstić information content (AvgIpc) is 2.70. The van der Waals surface area contributed by atoms with Gasteiger partial charge in [0.25, 0.3) is 0 Å². The van der Waals surface area contributed by atoms with E-state index in [0.717, 1.165) is 15.7 Å². The predicted molar refractivity (Wildman–Crippen MR) is 79.5 cm³/mol. The molecule has 1 aromatic carbocycles. The van der Waals surface area contributed by atoms with Gasteiger partial charge in [-0.2, -0.15) is 5.26 Å². The number of rotatable bonds is 4. The lowest BCUT2D eigenvalue weighted by atomic mass is 10.2. The van der Waals surface area contributed by atoms with Crippen LogP contribution < -0.4 is 5.32 Å². The van der Waals surface area contributed by atoms with Crippen LogP contribution in [0.4, 0.5) is 4.39 Å². The second-order valence-electron chi connectivity index (χ2n) is 4.65. The Morgan fingerprint density at radius 2 is 2.00 bits per heavy atom. The van der Waals surface area contributed by atoms with Crippen molar-refractivity contribution in [2.45, 2.75) is 20.0 Å². The third-order valence-electron chi connectivity index (χ3n) is 3.39. The van der Waals surface area contributed by atoms with E-state index in [1.165, 1.54) is 6.07 Å². The van der Waals surface area contributed by atoms with E-state index in [1.54, 1.807) is 12.1 Å². The predicted octanol–water partition coefficient (Wildman–Crippen LogP) is 3.40. The molecule has 0 unspecified atom stereocenters. The van der Waals surface area contributed by atoms with Crippen molar-refractivity contribution < 1.29 is 4.39 Å². The summed E-state index contributed by atoms with van der Waals surface area (Å²) in [6.45, 7) is 3.02. The molecule has 104 valence electrons. The topological polar surface area (TPSA) is 40.8 Å². The largest absolute Gasteiger partial charge is 0.340 e. The van der Waals surface area contributed by atoms with Gasteiger partial charge < -0.3 is 9.88 Å². The van der Waals surface area contributed by atoms with Crippen LogP contribution in [0.5, 0.6) is 0 Å². The van der Waals surface area contributed by atoms with Crippen LogP contribution in [0.15, 0.2) is 28.7 Å². The SMILES string of the molecule is Cc1c(CNCc2cc(Br)ccc2F)cc(C#N)n1C. The molecule has 0 saturated heterocycles. The minimum atomic E-state index is -0.219. The van der Waals surface area contributed by atoms with Crippen LogP contribution >= 0.6 is 15.9 Å². The van der Waals surface area contributed by atoms with Gasteiger partial charge in [-0.1, -0.05) is 15.9 Å². The molecule has 1 heterocycles. The summed E-state index contributed by atoms with van der Waals surface area (Å²) in [6, 6.07) is 8.90. The lowest BCUT2D eigenvalue weighted by Crippen LogP contribution is -2.14. The van der Waals surface area contributed by atoms with E-state index in [2.05, 4.69) is 27.3 Å². The maximum Gasteiger partial charge on any atom is 0.127 e. The van der Waals surface area contributed by atoms with Gasteiger partial charge in [-0.3, -0.25) is 0 Å². The Kier molecular flexibility index (Phi) is 4.58. The maximum atomic E-state index is 13.6. The van der Waals surface area contributed by atoms with Crippen molar-refractivity contribution in [2.24, 2.45) is 7.05 Å². The van der Waals surface area contributed by atoms with Crippen LogP contribution in [0.25, 0.3) is 0 Å². The first-order valence-corrected chi connectivity index (χ1v) is 7.02. The van der Waals surface area contributed by atoms with E-state index in [-0.39, 0.29) is 5.82 Å². The zero-order chi connectivity index (χ0) is 14.7. The molecule has 3 nitrogen and oxygen atoms in total. The molecule has 0 fully saturated rings. The van der Waals surface area contributed by atoms with Crippen molar-refractivity contribution in [3.8, 4) is 6.07 Å². The zero-order valence-electron chi connectivity index (χ0n) is 11.4. The van der Waals surface area contributed by atoms with E-state index >= 15 is 0 Å². The number of halogens is 2. The third-order valence-corrected chi connectivity index (χ3v) is 3.89. The van der Waals surface area contributed by atoms with Crippen molar-refractivity contribution in [2.75, 3.05) is 0 Å². The number of nitriles is 1. The lowest BCUT2D eigenvalue weighted by Gasteiger charge is -2.07. The molecule has 2 rings (SSSR count). The quantitative estimate of drug-likeness (QED) is 0.930. The van der Waals surface area contributed by atoms with Gasteiger partial charge in [-0.15, -0.1) is 0 Å². The number of benzene rings is 1. The van der Waals surface area contributed by atoms with E-state index < -0.39 is 0 Å². The molecule has 20 heavy (non-hydrogen) atoms. The fourth-order valence-electron chi connectivity index (χ4n) is 2.06. The normalized spacial score (nSPS) is 10.6. The summed E-state index contributed by atoms with van der Waals surface area (Å²) in [5, 5.41) is 12.2. The number of hydrogen-bond acceptors (Lipinski definition) is 2. The molecule has 0 amide bonds. The minimum absolute atomic E-state index is 0.219. The summed E-state index contributed by atoms with van der Waals surface area (Å²) >= 11 is 3.33. The Bertz CT molecular complexity index is 670. The Hall–Kier alpha value is -1.64. The molecule has 0 aliphatic carbocycles. The summed E-state index contributed by atoms with van der Waals surface area (Å²) in [5.41, 5.74) is 3.35. The first kappa shape index (κ1) is 14.8. The van der Waals surface area contributed by atoms with Gasteiger partial charge in [-0.25, -0.2) is 4.39 Å². The average molecular weight is 336 g/mol. The lowest BCUT2D eigenvalue weighted by molar-refractivity contribution is 0.587. The van der Waals surface area contributed by atoms with E-state index in [9.17, 15) is 4.39 Å². The van der Waals surface area contributed by atoms with Gasteiger partial charge in [0.2, 0.25) is 0 Å². The molecule has 1 aromatic heterocycles. The summed E-state index contributed by atoms with van der Waals surface area (Å²) in [7, 11) is 1.87. The second-order valence-corrected chi connectivity index (χ2v) is 5.57. The van der Waals surface area contributed by atoms with Crippen molar-refractivity contribution >= 4 is 15.9 Å². The van der Waals surface area contributed by atoms with Crippen molar-refractivity contribution in [1.82, 2.24) is 9.88 Å². The molecule has 0 saturated carbocycles. The fourth-order valence-corrected chi connectivity index (χ4v) is 2.47. The molecule has 0 bridgehead atoms. The molecule has 0 aliphatic heterocycles. The van der Waals surface area contributed by atoms with Crippen LogP contribution in [-0.2, 0) is 20.1 Å². The van der Waals surface area contributed by atoms with Gasteiger partial charge in [0.1, 0.15) is 17.6 Å². The minimum Gasteiger partial charge on any atom is -0.340 e. The van der Waals surface area contributed by atoms with Crippen molar-refractivity contribution in [1.29, 1.82) is 5.26 Å². The molecule has 0 spiro atoms. The van der Waals surface area contributed by atoms with Gasteiger partial charge in [-0.05, 0) is 36.8 Å². The van der Waals surface area contributed by atoms with Crippen LogP contribution in [0, 0.1) is 24.1 Å². The summed E-state index contributed by atoms with van der Waals surface area (Å²) in [6.07, 6.45) is 0. The number of aromatic nitrogens is 1. The highest BCUT2D eigenvalue weighted by molar-refractivity contribution is 9.10. The van der Waals surface area contributed by atoms with Gasteiger partial charge >= 0.3 is 0 Å². The van der Waals surface area contributed by atoms with Gasteiger partial charge in [0, 0.05) is 35.9 Å². The molecule has 5 heteroatoms. The smallest absolute Gasteiger partial charge is 0.127 e. The second kappa shape index (κ2) is 6.21. The van der Waals surface area contributed by atoms with Gasteiger partial charge in [0.15, 0.2) is 0 Å². The highest BCUT2D eigenvalue weighted by Gasteiger charge is 2.08. The molecule has 0 aliphatic rings. The fraction of sp³-hybridized carbons (Fsp3) is 0.267. The number of hydrogen-bond donors (Lipinski definition) is 1. The Morgan fingerprint density at radius 3 is 2.65 bits per heavy atom. The first-order chi connectivity index (χ1) is 9.52. The van der Waals surface area contributed by atoms with Crippen molar-refractivity contribution in [3.05, 3.63) is 57.1 Å². The monoisotopic (exact) mass is 335 g/mol.